The van der Waals surface area contributed by atoms with Crippen molar-refractivity contribution < 1.29 is 9.84 Å². The van der Waals surface area contributed by atoms with E-state index < -0.39 is 6.10 Å². The highest BCUT2D eigenvalue weighted by Crippen LogP contribution is 2.27. The second kappa shape index (κ2) is 6.13. The van der Waals surface area contributed by atoms with Crippen molar-refractivity contribution in [1.29, 1.82) is 0 Å². The van der Waals surface area contributed by atoms with E-state index >= 15 is 0 Å². The summed E-state index contributed by atoms with van der Waals surface area (Å²) >= 11 is 0. The van der Waals surface area contributed by atoms with E-state index in [1.54, 1.807) is 7.11 Å². The lowest BCUT2D eigenvalue weighted by atomic mass is 9.98. The Morgan fingerprint density at radius 3 is 2.71 bits per heavy atom. The van der Waals surface area contributed by atoms with Crippen LogP contribution in [0.25, 0.3) is 10.4 Å². The second-order valence-electron chi connectivity index (χ2n) is 3.94. The molecular formula is C12H17N3O2. The van der Waals surface area contributed by atoms with E-state index in [1.165, 1.54) is 0 Å². The maximum Gasteiger partial charge on any atom is 0.122 e. The molecule has 5 heteroatoms. The van der Waals surface area contributed by atoms with E-state index in [9.17, 15) is 5.11 Å². The molecule has 0 fully saturated rings. The number of aryl methyl sites for hydroxylation is 2. The molecule has 1 aromatic carbocycles. The number of ether oxygens (including phenoxy) is 1. The Bertz CT molecular complexity index is 440. The number of azide groups is 1. The Morgan fingerprint density at radius 2 is 2.12 bits per heavy atom. The molecule has 0 aliphatic rings. The molecule has 0 aliphatic carbocycles. The van der Waals surface area contributed by atoms with Crippen LogP contribution in [0.15, 0.2) is 17.2 Å². The quantitative estimate of drug-likeness (QED) is 0.483. The van der Waals surface area contributed by atoms with Gasteiger partial charge in [-0.15, -0.1) is 0 Å². The Labute approximate surface area is 101 Å². The largest absolute Gasteiger partial charge is 0.496 e. The van der Waals surface area contributed by atoms with Gasteiger partial charge in [0.15, 0.2) is 0 Å². The SMILES string of the molecule is COc1cc(C)c(C(O)CCN=[N+]=[N-])cc1C. The molecular weight excluding hydrogens is 218 g/mol. The molecule has 0 aromatic heterocycles. The molecule has 0 radical (unpaired) electrons. The van der Waals surface area contributed by atoms with Gasteiger partial charge < -0.3 is 9.84 Å². The summed E-state index contributed by atoms with van der Waals surface area (Å²) < 4.78 is 5.21. The molecule has 0 saturated heterocycles. The molecule has 1 atom stereocenters. The summed E-state index contributed by atoms with van der Waals surface area (Å²) in [5, 5.41) is 13.4. The molecule has 0 heterocycles. The molecule has 0 spiro atoms. The third-order valence-corrected chi connectivity index (χ3v) is 2.71. The van der Waals surface area contributed by atoms with Gasteiger partial charge in [0.1, 0.15) is 5.75 Å². The van der Waals surface area contributed by atoms with Gasteiger partial charge in [-0.2, -0.15) is 0 Å². The first-order chi connectivity index (χ1) is 8.10. The maximum absolute atomic E-state index is 9.99. The van der Waals surface area contributed by atoms with E-state index in [4.69, 9.17) is 10.3 Å². The molecule has 5 nitrogen and oxygen atoms in total. The summed E-state index contributed by atoms with van der Waals surface area (Å²) in [6.07, 6.45) is -0.179. The first kappa shape index (κ1) is 13.4. The summed E-state index contributed by atoms with van der Waals surface area (Å²) in [7, 11) is 1.62. The Hall–Kier alpha value is -1.71. The Balaban J connectivity index is 2.90. The van der Waals surface area contributed by atoms with E-state index in [-0.39, 0.29) is 0 Å². The molecule has 1 N–H and O–H groups in total. The summed E-state index contributed by atoms with van der Waals surface area (Å²) in [5.74, 6) is 0.813. The molecule has 0 aliphatic heterocycles. The first-order valence-electron chi connectivity index (χ1n) is 5.44. The minimum absolute atomic E-state index is 0.294. The van der Waals surface area contributed by atoms with Gasteiger partial charge in [-0.3, -0.25) is 0 Å². The van der Waals surface area contributed by atoms with Gasteiger partial charge in [0.2, 0.25) is 0 Å². The van der Waals surface area contributed by atoms with E-state index in [0.717, 1.165) is 22.4 Å². The zero-order valence-electron chi connectivity index (χ0n) is 10.3. The molecule has 1 aromatic rings. The zero-order chi connectivity index (χ0) is 12.8. The summed E-state index contributed by atoms with van der Waals surface area (Å²) in [6, 6.07) is 3.82. The normalized spacial score (nSPS) is 11.8. The number of rotatable bonds is 5. The molecule has 0 amide bonds. The number of hydrogen-bond acceptors (Lipinski definition) is 3. The van der Waals surface area contributed by atoms with Crippen LogP contribution >= 0.6 is 0 Å². The van der Waals surface area contributed by atoms with Crippen LogP contribution in [0.3, 0.4) is 0 Å². The molecule has 1 unspecified atom stereocenters. The van der Waals surface area contributed by atoms with Crippen LogP contribution in [-0.4, -0.2) is 18.8 Å². The molecule has 92 valence electrons. The highest BCUT2D eigenvalue weighted by atomic mass is 16.5. The lowest BCUT2D eigenvalue weighted by Crippen LogP contribution is -2.03. The van der Waals surface area contributed by atoms with Gasteiger partial charge >= 0.3 is 0 Å². The van der Waals surface area contributed by atoms with Crippen LogP contribution in [-0.2, 0) is 0 Å². The zero-order valence-corrected chi connectivity index (χ0v) is 10.3. The van der Waals surface area contributed by atoms with Crippen molar-refractivity contribution in [3.63, 3.8) is 0 Å². The second-order valence-corrected chi connectivity index (χ2v) is 3.94. The fraction of sp³-hybridized carbons (Fsp3) is 0.500. The lowest BCUT2D eigenvalue weighted by molar-refractivity contribution is 0.169. The predicted molar refractivity (Wildman–Crippen MR) is 66.1 cm³/mol. The standard InChI is InChI=1S/C12H17N3O2/c1-8-7-12(17-3)9(2)6-10(8)11(16)4-5-14-15-13/h6-7,11,16H,4-5H2,1-3H3. The number of nitrogens with zero attached hydrogens (tertiary/aromatic N) is 3. The van der Waals surface area contributed by atoms with E-state index in [0.29, 0.717) is 13.0 Å². The van der Waals surface area contributed by atoms with Crippen molar-refractivity contribution in [3.8, 4) is 5.75 Å². The van der Waals surface area contributed by atoms with Gasteiger partial charge in [0, 0.05) is 11.5 Å². The van der Waals surface area contributed by atoms with Crippen LogP contribution in [0, 0.1) is 13.8 Å². The number of methoxy groups -OCH3 is 1. The van der Waals surface area contributed by atoms with Crippen LogP contribution < -0.4 is 4.74 Å². The van der Waals surface area contributed by atoms with Crippen LogP contribution in [0.1, 0.15) is 29.2 Å². The summed E-state index contributed by atoms with van der Waals surface area (Å²) in [5.41, 5.74) is 11.0. The number of hydrogen-bond donors (Lipinski definition) is 1. The van der Waals surface area contributed by atoms with Crippen LogP contribution in [0.2, 0.25) is 0 Å². The Morgan fingerprint density at radius 1 is 1.41 bits per heavy atom. The van der Waals surface area contributed by atoms with Crippen molar-refractivity contribution in [2.45, 2.75) is 26.4 Å². The average Bonchev–Trinajstić information content (AvgIpc) is 2.31. The van der Waals surface area contributed by atoms with E-state index in [1.807, 2.05) is 26.0 Å². The average molecular weight is 235 g/mol. The van der Waals surface area contributed by atoms with Gasteiger partial charge in [0.05, 0.1) is 13.2 Å². The number of aliphatic hydroxyl groups excluding tert-OH is 1. The van der Waals surface area contributed by atoms with Crippen LogP contribution in [0.4, 0.5) is 0 Å². The maximum atomic E-state index is 9.99. The van der Waals surface area contributed by atoms with Gasteiger partial charge in [0.25, 0.3) is 0 Å². The minimum Gasteiger partial charge on any atom is -0.496 e. The minimum atomic E-state index is -0.606. The third kappa shape index (κ3) is 3.37. The molecule has 0 saturated carbocycles. The first-order valence-corrected chi connectivity index (χ1v) is 5.44. The topological polar surface area (TPSA) is 78.2 Å². The molecule has 17 heavy (non-hydrogen) atoms. The molecule has 1 rings (SSSR count). The summed E-state index contributed by atoms with van der Waals surface area (Å²) in [6.45, 7) is 4.15. The summed E-state index contributed by atoms with van der Waals surface area (Å²) in [4.78, 5) is 2.66. The van der Waals surface area contributed by atoms with Gasteiger partial charge in [-0.1, -0.05) is 5.11 Å². The van der Waals surface area contributed by atoms with Crippen molar-refractivity contribution in [3.05, 3.63) is 39.3 Å². The van der Waals surface area contributed by atoms with Crippen molar-refractivity contribution >= 4 is 0 Å². The highest BCUT2D eigenvalue weighted by Gasteiger charge is 2.12. The monoisotopic (exact) mass is 235 g/mol. The fourth-order valence-corrected chi connectivity index (χ4v) is 1.77. The van der Waals surface area contributed by atoms with Gasteiger partial charge in [-0.05, 0) is 54.6 Å². The van der Waals surface area contributed by atoms with Crippen molar-refractivity contribution in [2.75, 3.05) is 13.7 Å². The number of benzene rings is 1. The smallest absolute Gasteiger partial charge is 0.122 e. The molecule has 0 bridgehead atoms. The highest BCUT2D eigenvalue weighted by molar-refractivity contribution is 5.42. The lowest BCUT2D eigenvalue weighted by Gasteiger charge is -2.15. The Kier molecular flexibility index (Phi) is 4.82. The fourth-order valence-electron chi connectivity index (χ4n) is 1.77. The van der Waals surface area contributed by atoms with Gasteiger partial charge in [-0.25, -0.2) is 0 Å². The van der Waals surface area contributed by atoms with Crippen molar-refractivity contribution in [1.82, 2.24) is 0 Å². The van der Waals surface area contributed by atoms with Crippen LogP contribution in [0.5, 0.6) is 5.75 Å². The van der Waals surface area contributed by atoms with Crippen molar-refractivity contribution in [2.24, 2.45) is 5.11 Å². The predicted octanol–water partition coefficient (Wildman–Crippen LogP) is 3.05. The number of aliphatic hydroxyl groups is 1. The third-order valence-electron chi connectivity index (χ3n) is 2.71. The van der Waals surface area contributed by atoms with E-state index in [2.05, 4.69) is 10.0 Å².